The molecule has 1 aromatic carbocycles. The molecule has 0 bridgehead atoms. The Morgan fingerprint density at radius 1 is 1.33 bits per heavy atom. The largest absolute Gasteiger partial charge is 0.387 e. The van der Waals surface area contributed by atoms with Crippen LogP contribution in [0.1, 0.15) is 36.5 Å². The lowest BCUT2D eigenvalue weighted by Gasteiger charge is -2.39. The molecule has 0 amide bonds. The molecule has 0 saturated heterocycles. The molecule has 2 nitrogen and oxygen atoms in total. The number of aliphatic hydroxyl groups is 1. The molecule has 4 heteroatoms. The summed E-state index contributed by atoms with van der Waals surface area (Å²) in [6.45, 7) is 1.78. The molecule has 1 N–H and O–H groups in total. The van der Waals surface area contributed by atoms with Gasteiger partial charge in [0.2, 0.25) is 0 Å². The van der Waals surface area contributed by atoms with Crippen LogP contribution in [0.3, 0.4) is 0 Å². The van der Waals surface area contributed by atoms with Crippen LogP contribution in [-0.2, 0) is 0 Å². The first-order valence-corrected chi connectivity index (χ1v) is 6.26. The van der Waals surface area contributed by atoms with E-state index in [0.29, 0.717) is 6.42 Å². The Labute approximate surface area is 106 Å². The van der Waals surface area contributed by atoms with Crippen molar-refractivity contribution in [1.82, 2.24) is 4.90 Å². The van der Waals surface area contributed by atoms with Gasteiger partial charge < -0.3 is 5.11 Å². The van der Waals surface area contributed by atoms with E-state index in [4.69, 9.17) is 0 Å². The first-order valence-electron chi connectivity index (χ1n) is 6.26. The third-order valence-electron chi connectivity index (χ3n) is 3.80. The van der Waals surface area contributed by atoms with Crippen molar-refractivity contribution in [3.8, 4) is 0 Å². The van der Waals surface area contributed by atoms with E-state index in [1.165, 1.54) is 0 Å². The number of benzene rings is 1. The summed E-state index contributed by atoms with van der Waals surface area (Å²) in [4.78, 5) is 1.57. The van der Waals surface area contributed by atoms with E-state index in [0.717, 1.165) is 11.1 Å². The predicted molar refractivity (Wildman–Crippen MR) is 66.9 cm³/mol. The Bertz CT molecular complexity index is 411. The molecule has 2 rings (SSSR count). The van der Waals surface area contributed by atoms with Crippen LogP contribution in [-0.4, -0.2) is 36.1 Å². The molecule has 1 aliphatic carbocycles. The molecule has 1 aliphatic rings. The number of nitrogens with zero attached hydrogens (tertiary/aromatic N) is 1. The quantitative estimate of drug-likeness (QED) is 0.897. The number of likely N-dealkylation sites (N-methyl/N-ethyl adjacent to an activating group) is 1. The van der Waals surface area contributed by atoms with Gasteiger partial charge in [-0.25, -0.2) is 8.78 Å². The summed E-state index contributed by atoms with van der Waals surface area (Å²) in [7, 11) is 1.65. The second-order valence-electron chi connectivity index (χ2n) is 5.11. The molecule has 0 radical (unpaired) electrons. The summed E-state index contributed by atoms with van der Waals surface area (Å²) >= 11 is 0. The monoisotopic (exact) mass is 255 g/mol. The highest BCUT2D eigenvalue weighted by Gasteiger charge is 2.34. The van der Waals surface area contributed by atoms with Crippen molar-refractivity contribution in [2.24, 2.45) is 0 Å². The van der Waals surface area contributed by atoms with Crippen molar-refractivity contribution in [2.75, 3.05) is 13.6 Å². The van der Waals surface area contributed by atoms with Gasteiger partial charge in [0.25, 0.3) is 6.43 Å². The number of hydrogen-bond acceptors (Lipinski definition) is 2. The van der Waals surface area contributed by atoms with E-state index < -0.39 is 12.5 Å². The van der Waals surface area contributed by atoms with Crippen molar-refractivity contribution < 1.29 is 13.9 Å². The molecular formula is C14H19F2NO. The molecule has 0 spiro atoms. The third kappa shape index (κ3) is 2.54. The standard InChI is InChI=1S/C14H19F2NO/c1-9-7-12(17(2)8-13(15)16)14(18)11-6-4-3-5-10(9)11/h3-6,9,12-14,18H,7-8H2,1-2H3. The zero-order chi connectivity index (χ0) is 13.3. The maximum absolute atomic E-state index is 12.4. The van der Waals surface area contributed by atoms with Gasteiger partial charge in [0, 0.05) is 6.04 Å². The minimum absolute atomic E-state index is 0.233. The zero-order valence-electron chi connectivity index (χ0n) is 10.7. The lowest BCUT2D eigenvalue weighted by molar-refractivity contribution is 0.0117. The first kappa shape index (κ1) is 13.4. The molecule has 0 aromatic heterocycles. The van der Waals surface area contributed by atoms with Crippen LogP contribution in [0.15, 0.2) is 24.3 Å². The molecule has 3 unspecified atom stereocenters. The molecule has 0 saturated carbocycles. The predicted octanol–water partition coefficient (Wildman–Crippen LogP) is 2.79. The van der Waals surface area contributed by atoms with Crippen LogP contribution in [0.4, 0.5) is 8.78 Å². The lowest BCUT2D eigenvalue weighted by atomic mass is 9.79. The molecular weight excluding hydrogens is 236 g/mol. The number of fused-ring (bicyclic) bond motifs is 1. The van der Waals surface area contributed by atoms with Gasteiger partial charge in [-0.05, 0) is 30.5 Å². The minimum Gasteiger partial charge on any atom is -0.387 e. The number of alkyl halides is 2. The molecule has 18 heavy (non-hydrogen) atoms. The SMILES string of the molecule is CC1CC(N(C)CC(F)F)C(O)c2ccccc21. The Morgan fingerprint density at radius 3 is 2.56 bits per heavy atom. The Morgan fingerprint density at radius 2 is 1.94 bits per heavy atom. The van der Waals surface area contributed by atoms with Crippen LogP contribution >= 0.6 is 0 Å². The number of aliphatic hydroxyl groups excluding tert-OH is 1. The normalized spacial score (nSPS) is 27.6. The van der Waals surface area contributed by atoms with E-state index >= 15 is 0 Å². The number of halogens is 2. The Balaban J connectivity index is 2.22. The van der Waals surface area contributed by atoms with Gasteiger partial charge in [0.15, 0.2) is 0 Å². The summed E-state index contributed by atoms with van der Waals surface area (Å²) < 4.78 is 24.9. The van der Waals surface area contributed by atoms with Crippen LogP contribution < -0.4 is 0 Å². The Kier molecular flexibility index (Phi) is 3.97. The van der Waals surface area contributed by atoms with Gasteiger partial charge in [0.05, 0.1) is 12.6 Å². The average molecular weight is 255 g/mol. The summed E-state index contributed by atoms with van der Waals surface area (Å²) in [5.41, 5.74) is 2.01. The van der Waals surface area contributed by atoms with Crippen LogP contribution in [0.5, 0.6) is 0 Å². The summed E-state index contributed by atoms with van der Waals surface area (Å²) in [5.74, 6) is 0.287. The molecule has 1 aromatic rings. The topological polar surface area (TPSA) is 23.5 Å². The minimum atomic E-state index is -2.37. The van der Waals surface area contributed by atoms with E-state index in [9.17, 15) is 13.9 Å². The van der Waals surface area contributed by atoms with Crippen molar-refractivity contribution in [3.63, 3.8) is 0 Å². The highest BCUT2D eigenvalue weighted by Crippen LogP contribution is 2.39. The van der Waals surface area contributed by atoms with E-state index in [-0.39, 0.29) is 18.5 Å². The van der Waals surface area contributed by atoms with Crippen molar-refractivity contribution in [2.45, 2.75) is 37.8 Å². The first-order chi connectivity index (χ1) is 8.50. The second kappa shape index (κ2) is 5.33. The van der Waals surface area contributed by atoms with Crippen LogP contribution in [0.2, 0.25) is 0 Å². The van der Waals surface area contributed by atoms with Crippen molar-refractivity contribution >= 4 is 0 Å². The van der Waals surface area contributed by atoms with E-state index in [2.05, 4.69) is 6.92 Å². The van der Waals surface area contributed by atoms with Gasteiger partial charge in [-0.3, -0.25) is 4.90 Å². The Hall–Kier alpha value is -1.00. The van der Waals surface area contributed by atoms with Gasteiger partial charge in [-0.15, -0.1) is 0 Å². The molecule has 0 aliphatic heterocycles. The van der Waals surface area contributed by atoms with E-state index in [1.807, 2.05) is 24.3 Å². The summed E-state index contributed by atoms with van der Waals surface area (Å²) in [6.07, 6.45) is -2.34. The maximum Gasteiger partial charge on any atom is 0.251 e. The third-order valence-corrected chi connectivity index (χ3v) is 3.80. The highest BCUT2D eigenvalue weighted by atomic mass is 19.3. The highest BCUT2D eigenvalue weighted by molar-refractivity contribution is 5.35. The average Bonchev–Trinajstić information content (AvgIpc) is 2.33. The fourth-order valence-electron chi connectivity index (χ4n) is 2.83. The number of rotatable bonds is 3. The van der Waals surface area contributed by atoms with Crippen molar-refractivity contribution in [3.05, 3.63) is 35.4 Å². The van der Waals surface area contributed by atoms with Crippen LogP contribution in [0.25, 0.3) is 0 Å². The lowest BCUT2D eigenvalue weighted by Crippen LogP contribution is -2.42. The fraction of sp³-hybridized carbons (Fsp3) is 0.571. The van der Waals surface area contributed by atoms with Crippen LogP contribution in [0, 0.1) is 0 Å². The summed E-state index contributed by atoms with van der Waals surface area (Å²) in [6, 6.07) is 7.49. The molecule has 3 atom stereocenters. The van der Waals surface area contributed by atoms with E-state index in [1.54, 1.807) is 11.9 Å². The number of hydrogen-bond donors (Lipinski definition) is 1. The smallest absolute Gasteiger partial charge is 0.251 e. The second-order valence-corrected chi connectivity index (χ2v) is 5.11. The maximum atomic E-state index is 12.4. The van der Waals surface area contributed by atoms with Gasteiger partial charge in [-0.1, -0.05) is 31.2 Å². The fourth-order valence-corrected chi connectivity index (χ4v) is 2.83. The molecule has 0 fully saturated rings. The zero-order valence-corrected chi connectivity index (χ0v) is 10.7. The molecule has 0 heterocycles. The summed E-state index contributed by atoms with van der Waals surface area (Å²) in [5, 5.41) is 10.3. The molecule has 100 valence electrons. The van der Waals surface area contributed by atoms with Crippen molar-refractivity contribution in [1.29, 1.82) is 0 Å². The van der Waals surface area contributed by atoms with Gasteiger partial charge in [-0.2, -0.15) is 0 Å². The van der Waals surface area contributed by atoms with Gasteiger partial charge >= 0.3 is 0 Å². The van der Waals surface area contributed by atoms with Gasteiger partial charge in [0.1, 0.15) is 0 Å².